The van der Waals surface area contributed by atoms with Crippen molar-refractivity contribution >= 4 is 0 Å². The van der Waals surface area contributed by atoms with E-state index in [-0.39, 0.29) is 0 Å². The van der Waals surface area contributed by atoms with Gasteiger partial charge in [0.1, 0.15) is 6.10 Å². The minimum absolute atomic E-state index is 0.323. The Morgan fingerprint density at radius 2 is 1.41 bits per heavy atom. The monoisotopic (exact) mass is 324 g/mol. The molecule has 7 heteroatoms. The zero-order chi connectivity index (χ0) is 17.7. The topological polar surface area (TPSA) is 131 Å². The zero-order valence-electron chi connectivity index (χ0n) is 14.1. The first-order valence-electron chi connectivity index (χ1n) is 7.51. The molecule has 0 amide bonds. The van der Waals surface area contributed by atoms with Crippen molar-refractivity contribution in [3.05, 3.63) is 0 Å². The lowest BCUT2D eigenvalue weighted by atomic mass is 9.67. The van der Waals surface area contributed by atoms with E-state index < -0.39 is 54.6 Å². The summed E-state index contributed by atoms with van der Waals surface area (Å²) in [6.45, 7) is 5.40. The second-order valence-electron chi connectivity index (χ2n) is 6.68. The van der Waals surface area contributed by atoms with E-state index in [9.17, 15) is 25.5 Å². The summed E-state index contributed by atoms with van der Waals surface area (Å²) in [4.78, 5) is 0. The van der Waals surface area contributed by atoms with Crippen LogP contribution in [0.1, 0.15) is 34.1 Å². The van der Waals surface area contributed by atoms with Gasteiger partial charge in [-0.05, 0) is 6.42 Å². The molecule has 7 nitrogen and oxygen atoms in total. The fourth-order valence-electron chi connectivity index (χ4n) is 2.84. The van der Waals surface area contributed by atoms with Crippen molar-refractivity contribution in [1.82, 2.24) is 0 Å². The molecule has 6 unspecified atom stereocenters. The molecule has 0 aromatic rings. The first kappa shape index (κ1) is 21.7. The van der Waals surface area contributed by atoms with Crippen LogP contribution >= 0.6 is 0 Å². The van der Waals surface area contributed by atoms with Crippen LogP contribution in [0.15, 0.2) is 0 Å². The molecular formula is C15H32O7. The van der Waals surface area contributed by atoms with Crippen LogP contribution < -0.4 is 0 Å². The molecule has 0 aliphatic heterocycles. The van der Waals surface area contributed by atoms with Crippen LogP contribution in [0.25, 0.3) is 0 Å². The lowest BCUT2D eigenvalue weighted by molar-refractivity contribution is -0.191. The largest absolute Gasteiger partial charge is 0.394 e. The Morgan fingerprint density at radius 3 is 1.73 bits per heavy atom. The van der Waals surface area contributed by atoms with Gasteiger partial charge in [-0.25, -0.2) is 0 Å². The maximum absolute atomic E-state index is 10.6. The van der Waals surface area contributed by atoms with Crippen molar-refractivity contribution in [3.63, 3.8) is 0 Å². The number of rotatable bonds is 10. The molecule has 6 N–H and O–H groups in total. The third-order valence-corrected chi connectivity index (χ3v) is 4.96. The Bertz CT molecular complexity index is 323. The summed E-state index contributed by atoms with van der Waals surface area (Å²) in [6, 6.07) is 0. The molecular weight excluding hydrogens is 292 g/mol. The summed E-state index contributed by atoms with van der Waals surface area (Å²) >= 11 is 0. The molecule has 0 spiro atoms. The number of hydrogen-bond donors (Lipinski definition) is 6. The Kier molecular flexibility index (Phi) is 8.43. The molecule has 0 aliphatic rings. The summed E-state index contributed by atoms with van der Waals surface area (Å²) < 4.78 is 5.18. The van der Waals surface area contributed by atoms with Crippen LogP contribution in [0.3, 0.4) is 0 Å². The van der Waals surface area contributed by atoms with Gasteiger partial charge in [-0.3, -0.25) is 0 Å². The van der Waals surface area contributed by atoms with E-state index in [1.165, 1.54) is 7.11 Å². The highest BCUT2D eigenvalue weighted by atomic mass is 16.5. The van der Waals surface area contributed by atoms with Gasteiger partial charge in [-0.2, -0.15) is 0 Å². The van der Waals surface area contributed by atoms with Crippen molar-refractivity contribution < 1.29 is 35.4 Å². The molecule has 0 aromatic carbocycles. The van der Waals surface area contributed by atoms with E-state index in [4.69, 9.17) is 9.84 Å². The summed E-state index contributed by atoms with van der Waals surface area (Å²) in [5.41, 5.74) is -2.24. The van der Waals surface area contributed by atoms with Gasteiger partial charge in [0.05, 0.1) is 37.6 Å². The molecule has 0 saturated carbocycles. The Balaban J connectivity index is 5.47. The average Bonchev–Trinajstić information content (AvgIpc) is 2.51. The zero-order valence-corrected chi connectivity index (χ0v) is 14.1. The normalized spacial score (nSPS) is 22.5. The molecule has 0 saturated heterocycles. The smallest absolute Gasteiger partial charge is 0.104 e. The van der Waals surface area contributed by atoms with Crippen molar-refractivity contribution in [2.75, 3.05) is 20.3 Å². The van der Waals surface area contributed by atoms with Gasteiger partial charge < -0.3 is 35.4 Å². The Morgan fingerprint density at radius 1 is 0.909 bits per heavy atom. The van der Waals surface area contributed by atoms with E-state index in [1.807, 2.05) is 0 Å². The van der Waals surface area contributed by atoms with Crippen LogP contribution in [-0.4, -0.2) is 81.5 Å². The molecule has 6 atom stereocenters. The van der Waals surface area contributed by atoms with Crippen LogP contribution in [0, 0.1) is 10.8 Å². The summed E-state index contributed by atoms with van der Waals surface area (Å²) in [5.74, 6) is 0. The first-order valence-corrected chi connectivity index (χ1v) is 7.51. The van der Waals surface area contributed by atoms with Crippen LogP contribution in [-0.2, 0) is 4.74 Å². The number of hydrogen-bond acceptors (Lipinski definition) is 7. The van der Waals surface area contributed by atoms with Gasteiger partial charge in [0.2, 0.25) is 0 Å². The quantitative estimate of drug-likeness (QED) is 0.300. The highest BCUT2D eigenvalue weighted by molar-refractivity contribution is 4.99. The number of ether oxygens (including phenoxy) is 1. The Labute approximate surface area is 132 Å². The lowest BCUT2D eigenvalue weighted by Gasteiger charge is -2.47. The van der Waals surface area contributed by atoms with Crippen molar-refractivity contribution in [1.29, 1.82) is 0 Å². The summed E-state index contributed by atoms with van der Waals surface area (Å²) in [5, 5.41) is 59.2. The van der Waals surface area contributed by atoms with Crippen LogP contribution in [0.5, 0.6) is 0 Å². The van der Waals surface area contributed by atoms with Crippen molar-refractivity contribution in [2.24, 2.45) is 10.8 Å². The summed E-state index contributed by atoms with van der Waals surface area (Å²) in [6.07, 6.45) is -5.75. The molecule has 0 fully saturated rings. The minimum Gasteiger partial charge on any atom is -0.394 e. The minimum atomic E-state index is -1.36. The Hall–Kier alpha value is -0.280. The number of aliphatic hydroxyl groups is 6. The number of aliphatic hydroxyl groups excluding tert-OH is 6. The standard InChI is InChI=1S/C15H32O7/c1-6-15(4,10(19)8-17)12(21)11(20)14(2,3)13(22-5)9(18)7-16/h9-13,16-21H,6-8H2,1-5H3. The third kappa shape index (κ3) is 4.17. The molecule has 22 heavy (non-hydrogen) atoms. The fraction of sp³-hybridized carbons (Fsp3) is 1.00. The van der Waals surface area contributed by atoms with Crippen molar-refractivity contribution in [3.8, 4) is 0 Å². The molecule has 134 valence electrons. The second-order valence-corrected chi connectivity index (χ2v) is 6.68. The van der Waals surface area contributed by atoms with E-state index in [1.54, 1.807) is 27.7 Å². The highest BCUT2D eigenvalue weighted by Crippen LogP contribution is 2.39. The third-order valence-electron chi connectivity index (χ3n) is 4.96. The van der Waals surface area contributed by atoms with Gasteiger partial charge in [0.15, 0.2) is 0 Å². The van der Waals surface area contributed by atoms with Gasteiger partial charge in [0.25, 0.3) is 0 Å². The average molecular weight is 324 g/mol. The van der Waals surface area contributed by atoms with Gasteiger partial charge in [0, 0.05) is 17.9 Å². The van der Waals surface area contributed by atoms with Crippen molar-refractivity contribution in [2.45, 2.75) is 64.6 Å². The lowest BCUT2D eigenvalue weighted by Crippen LogP contribution is -2.58. The van der Waals surface area contributed by atoms with E-state index >= 15 is 0 Å². The van der Waals surface area contributed by atoms with Gasteiger partial charge in [-0.1, -0.05) is 27.7 Å². The van der Waals surface area contributed by atoms with E-state index in [0.29, 0.717) is 6.42 Å². The van der Waals surface area contributed by atoms with Crippen LogP contribution in [0.2, 0.25) is 0 Å². The summed E-state index contributed by atoms with van der Waals surface area (Å²) in [7, 11) is 1.34. The molecule has 0 aromatic heterocycles. The van der Waals surface area contributed by atoms with E-state index in [0.717, 1.165) is 0 Å². The van der Waals surface area contributed by atoms with Gasteiger partial charge >= 0.3 is 0 Å². The van der Waals surface area contributed by atoms with Gasteiger partial charge in [-0.15, -0.1) is 0 Å². The van der Waals surface area contributed by atoms with E-state index in [2.05, 4.69) is 0 Å². The molecule has 0 radical (unpaired) electrons. The number of methoxy groups -OCH3 is 1. The highest BCUT2D eigenvalue weighted by Gasteiger charge is 2.50. The maximum atomic E-state index is 10.6. The maximum Gasteiger partial charge on any atom is 0.104 e. The van der Waals surface area contributed by atoms with Crippen LogP contribution in [0.4, 0.5) is 0 Å². The SMILES string of the molecule is CCC(C)(C(O)CO)C(O)C(O)C(C)(C)C(OC)C(O)CO. The fourth-order valence-corrected chi connectivity index (χ4v) is 2.84. The second kappa shape index (κ2) is 8.54. The predicted molar refractivity (Wildman–Crippen MR) is 81.2 cm³/mol. The molecule has 0 heterocycles. The predicted octanol–water partition coefficient (Wildman–Crippen LogP) is -1.13. The molecule has 0 bridgehead atoms. The molecule has 0 rings (SSSR count). The molecule has 0 aliphatic carbocycles. The first-order chi connectivity index (χ1) is 10.0.